The summed E-state index contributed by atoms with van der Waals surface area (Å²) in [5, 5.41) is 0. The number of amides is 1. The second-order valence-electron chi connectivity index (χ2n) is 4.29. The molecule has 0 aliphatic carbocycles. The third-order valence-corrected chi connectivity index (χ3v) is 3.07. The van der Waals surface area contributed by atoms with Gasteiger partial charge in [0, 0.05) is 32.9 Å². The number of carbonyl (C=O) groups excluding carboxylic acids is 2. The molecule has 6 nitrogen and oxygen atoms in total. The van der Waals surface area contributed by atoms with Crippen molar-refractivity contribution >= 4 is 11.9 Å². The number of nitrogens with zero attached hydrogens (tertiary/aromatic N) is 2. The van der Waals surface area contributed by atoms with Crippen molar-refractivity contribution in [2.45, 2.75) is 19.9 Å². The summed E-state index contributed by atoms with van der Waals surface area (Å²) in [7, 11) is 2.97. The van der Waals surface area contributed by atoms with Crippen LogP contribution < -0.4 is 0 Å². The van der Waals surface area contributed by atoms with Gasteiger partial charge in [-0.15, -0.1) is 0 Å². The summed E-state index contributed by atoms with van der Waals surface area (Å²) in [6, 6.07) is 3.61. The number of rotatable bonds is 8. The molecule has 6 heteroatoms. The number of ether oxygens (including phenoxy) is 2. The molecule has 1 heterocycles. The fourth-order valence-corrected chi connectivity index (χ4v) is 1.89. The van der Waals surface area contributed by atoms with Gasteiger partial charge in [-0.25, -0.2) is 0 Å². The van der Waals surface area contributed by atoms with E-state index in [0.29, 0.717) is 31.9 Å². The summed E-state index contributed by atoms with van der Waals surface area (Å²) >= 11 is 0. The lowest BCUT2D eigenvalue weighted by Crippen LogP contribution is -2.34. The number of esters is 1. The SMILES string of the molecule is CCN(CCC(=O)OC)C(=O)c1cccn1CCOC. The molecule has 20 heavy (non-hydrogen) atoms. The van der Waals surface area contributed by atoms with Gasteiger partial charge < -0.3 is 18.9 Å². The number of carbonyl (C=O) groups is 2. The zero-order valence-corrected chi connectivity index (χ0v) is 12.3. The molecule has 0 radical (unpaired) electrons. The van der Waals surface area contributed by atoms with Crippen molar-refractivity contribution in [3.63, 3.8) is 0 Å². The molecule has 0 unspecified atom stereocenters. The van der Waals surface area contributed by atoms with Gasteiger partial charge in [-0.3, -0.25) is 9.59 Å². The van der Waals surface area contributed by atoms with E-state index in [2.05, 4.69) is 4.74 Å². The second kappa shape index (κ2) is 8.37. The van der Waals surface area contributed by atoms with E-state index >= 15 is 0 Å². The molecule has 0 atom stereocenters. The molecule has 1 rings (SSSR count). The zero-order chi connectivity index (χ0) is 15.0. The lowest BCUT2D eigenvalue weighted by atomic mass is 10.3. The standard InChI is InChI=1S/C14H22N2O4/c1-4-15(9-7-13(17)20-3)14(18)12-6-5-8-16(12)10-11-19-2/h5-6,8H,4,7,9-11H2,1-3H3. The maximum Gasteiger partial charge on any atom is 0.307 e. The van der Waals surface area contributed by atoms with Crippen LogP contribution in [0.15, 0.2) is 18.3 Å². The van der Waals surface area contributed by atoms with Crippen LogP contribution in [0, 0.1) is 0 Å². The Balaban J connectivity index is 2.70. The summed E-state index contributed by atoms with van der Waals surface area (Å²) in [5.41, 5.74) is 0.605. The fraction of sp³-hybridized carbons (Fsp3) is 0.571. The molecule has 0 aromatic carbocycles. The molecular formula is C14H22N2O4. The topological polar surface area (TPSA) is 60.8 Å². The van der Waals surface area contributed by atoms with E-state index in [9.17, 15) is 9.59 Å². The van der Waals surface area contributed by atoms with E-state index < -0.39 is 0 Å². The minimum atomic E-state index is -0.314. The Morgan fingerprint density at radius 1 is 1.35 bits per heavy atom. The first-order valence-electron chi connectivity index (χ1n) is 6.64. The zero-order valence-electron chi connectivity index (χ0n) is 12.3. The van der Waals surface area contributed by atoms with Crippen LogP contribution in [0.25, 0.3) is 0 Å². The normalized spacial score (nSPS) is 10.3. The highest BCUT2D eigenvalue weighted by Crippen LogP contribution is 2.08. The third kappa shape index (κ3) is 4.38. The average molecular weight is 282 g/mol. The van der Waals surface area contributed by atoms with Crippen LogP contribution >= 0.6 is 0 Å². The second-order valence-corrected chi connectivity index (χ2v) is 4.29. The van der Waals surface area contributed by atoms with Crippen LogP contribution in [0.3, 0.4) is 0 Å². The molecule has 0 bridgehead atoms. The van der Waals surface area contributed by atoms with Gasteiger partial charge in [0.15, 0.2) is 0 Å². The van der Waals surface area contributed by atoms with Gasteiger partial charge in [0.1, 0.15) is 5.69 Å². The Hall–Kier alpha value is -1.82. The van der Waals surface area contributed by atoms with Crippen molar-refractivity contribution in [2.75, 3.05) is 33.9 Å². The highest BCUT2D eigenvalue weighted by atomic mass is 16.5. The molecule has 1 aromatic heterocycles. The van der Waals surface area contributed by atoms with Gasteiger partial charge in [-0.05, 0) is 19.1 Å². The van der Waals surface area contributed by atoms with E-state index in [1.54, 1.807) is 18.1 Å². The van der Waals surface area contributed by atoms with Crippen LogP contribution in [-0.4, -0.2) is 55.3 Å². The van der Waals surface area contributed by atoms with Gasteiger partial charge >= 0.3 is 5.97 Å². The van der Waals surface area contributed by atoms with E-state index in [-0.39, 0.29) is 18.3 Å². The summed E-state index contributed by atoms with van der Waals surface area (Å²) in [5.74, 6) is -0.400. The van der Waals surface area contributed by atoms with Gasteiger partial charge in [0.05, 0.1) is 20.1 Å². The molecule has 0 N–H and O–H groups in total. The number of hydrogen-bond acceptors (Lipinski definition) is 4. The van der Waals surface area contributed by atoms with Crippen molar-refractivity contribution < 1.29 is 19.1 Å². The number of hydrogen-bond donors (Lipinski definition) is 0. The maximum absolute atomic E-state index is 12.4. The highest BCUT2D eigenvalue weighted by molar-refractivity contribution is 5.93. The summed E-state index contributed by atoms with van der Waals surface area (Å²) < 4.78 is 11.5. The Labute approximate surface area is 119 Å². The molecule has 0 saturated heterocycles. The van der Waals surface area contributed by atoms with Crippen molar-refractivity contribution in [2.24, 2.45) is 0 Å². The van der Waals surface area contributed by atoms with Crippen molar-refractivity contribution in [3.8, 4) is 0 Å². The van der Waals surface area contributed by atoms with Crippen molar-refractivity contribution in [1.29, 1.82) is 0 Å². The molecule has 1 aromatic rings. The molecule has 0 aliphatic rings. The first-order chi connectivity index (χ1) is 9.63. The minimum Gasteiger partial charge on any atom is -0.469 e. The Morgan fingerprint density at radius 2 is 2.10 bits per heavy atom. The van der Waals surface area contributed by atoms with E-state index in [4.69, 9.17) is 4.74 Å². The first kappa shape index (κ1) is 16.2. The monoisotopic (exact) mass is 282 g/mol. The number of methoxy groups -OCH3 is 2. The maximum atomic E-state index is 12.4. The molecule has 1 amide bonds. The lowest BCUT2D eigenvalue weighted by Gasteiger charge is -2.21. The largest absolute Gasteiger partial charge is 0.469 e. The van der Waals surface area contributed by atoms with E-state index in [1.165, 1.54) is 7.11 Å². The summed E-state index contributed by atoms with van der Waals surface area (Å²) in [6.45, 7) is 3.96. The van der Waals surface area contributed by atoms with Gasteiger partial charge in [0.25, 0.3) is 5.91 Å². The lowest BCUT2D eigenvalue weighted by molar-refractivity contribution is -0.140. The van der Waals surface area contributed by atoms with Gasteiger partial charge in [-0.1, -0.05) is 0 Å². The third-order valence-electron chi connectivity index (χ3n) is 3.07. The smallest absolute Gasteiger partial charge is 0.307 e. The number of aromatic nitrogens is 1. The van der Waals surface area contributed by atoms with E-state index in [0.717, 1.165) is 0 Å². The Kier molecular flexibility index (Phi) is 6.79. The molecule has 0 saturated carbocycles. The van der Waals surface area contributed by atoms with Crippen LogP contribution in [-0.2, 0) is 20.8 Å². The average Bonchev–Trinajstić information content (AvgIpc) is 2.93. The quantitative estimate of drug-likeness (QED) is 0.671. The molecule has 0 fully saturated rings. The van der Waals surface area contributed by atoms with Gasteiger partial charge in [0.2, 0.25) is 0 Å². The molecule has 112 valence electrons. The fourth-order valence-electron chi connectivity index (χ4n) is 1.89. The van der Waals surface area contributed by atoms with Crippen LogP contribution in [0.4, 0.5) is 0 Å². The minimum absolute atomic E-state index is 0.0856. The van der Waals surface area contributed by atoms with Crippen LogP contribution in [0.5, 0.6) is 0 Å². The Morgan fingerprint density at radius 3 is 2.70 bits per heavy atom. The first-order valence-corrected chi connectivity index (χ1v) is 6.64. The van der Waals surface area contributed by atoms with Crippen LogP contribution in [0.2, 0.25) is 0 Å². The molecule has 0 aliphatic heterocycles. The predicted molar refractivity (Wildman–Crippen MR) is 74.5 cm³/mol. The summed E-state index contributed by atoms with van der Waals surface area (Å²) in [6.07, 6.45) is 2.05. The van der Waals surface area contributed by atoms with E-state index in [1.807, 2.05) is 23.8 Å². The van der Waals surface area contributed by atoms with Crippen molar-refractivity contribution in [1.82, 2.24) is 9.47 Å². The van der Waals surface area contributed by atoms with Crippen molar-refractivity contribution in [3.05, 3.63) is 24.0 Å². The molecule has 0 spiro atoms. The predicted octanol–water partition coefficient (Wildman–Crippen LogP) is 1.16. The Bertz CT molecular complexity index is 442. The van der Waals surface area contributed by atoms with Gasteiger partial charge in [-0.2, -0.15) is 0 Å². The van der Waals surface area contributed by atoms with Crippen LogP contribution in [0.1, 0.15) is 23.8 Å². The summed E-state index contributed by atoms with van der Waals surface area (Å²) in [4.78, 5) is 25.2. The highest BCUT2D eigenvalue weighted by Gasteiger charge is 2.18. The molecular weight excluding hydrogens is 260 g/mol.